The third-order valence-electron chi connectivity index (χ3n) is 2.69. The van der Waals surface area contributed by atoms with Gasteiger partial charge in [-0.1, -0.05) is 6.92 Å². The zero-order chi connectivity index (χ0) is 9.46. The van der Waals surface area contributed by atoms with Gasteiger partial charge in [0.25, 0.3) is 0 Å². The van der Waals surface area contributed by atoms with Crippen molar-refractivity contribution in [2.45, 2.75) is 19.9 Å². The number of carboxylic acid groups (broad SMARTS) is 1. The van der Waals surface area contributed by atoms with E-state index >= 15 is 0 Å². The Morgan fingerprint density at radius 3 is 2.17 bits per heavy atom. The van der Waals surface area contributed by atoms with Gasteiger partial charge in [0.05, 0.1) is 11.8 Å². The molecule has 12 heavy (non-hydrogen) atoms. The van der Waals surface area contributed by atoms with Gasteiger partial charge < -0.3 is 10.0 Å². The molecule has 4 heteroatoms. The molecule has 1 rings (SSSR count). The van der Waals surface area contributed by atoms with Gasteiger partial charge in [0.1, 0.15) is 0 Å². The molecule has 1 heterocycles. The Hall–Kier alpha value is -1.06. The molecule has 3 unspecified atom stereocenters. The summed E-state index contributed by atoms with van der Waals surface area (Å²) in [6.07, 6.45) is 0. The van der Waals surface area contributed by atoms with E-state index in [-0.39, 0.29) is 17.9 Å². The predicted octanol–water partition coefficient (Wildman–Crippen LogP) is 0.184. The van der Waals surface area contributed by atoms with Crippen molar-refractivity contribution in [2.75, 3.05) is 7.05 Å². The van der Waals surface area contributed by atoms with Crippen molar-refractivity contribution >= 4 is 11.9 Å². The lowest BCUT2D eigenvalue weighted by Gasteiger charge is -2.17. The second-order valence-electron chi connectivity index (χ2n) is 3.34. The van der Waals surface area contributed by atoms with Crippen LogP contribution >= 0.6 is 0 Å². The second-order valence-corrected chi connectivity index (χ2v) is 3.34. The van der Waals surface area contributed by atoms with Gasteiger partial charge in [-0.25, -0.2) is 0 Å². The minimum absolute atomic E-state index is 0.0742. The van der Waals surface area contributed by atoms with Crippen LogP contribution in [0.5, 0.6) is 0 Å². The van der Waals surface area contributed by atoms with Crippen LogP contribution < -0.4 is 0 Å². The minimum atomic E-state index is -0.882. The van der Waals surface area contributed by atoms with E-state index in [1.807, 2.05) is 0 Å². The van der Waals surface area contributed by atoms with Gasteiger partial charge >= 0.3 is 5.97 Å². The maximum Gasteiger partial charge on any atom is 0.309 e. The Labute approximate surface area is 71.2 Å². The zero-order valence-electron chi connectivity index (χ0n) is 7.44. The standard InChI is InChI=1S/C8H13NO3/c1-4-6(8(11)12)5(2)9(3)7(4)10/h4-6H,1-3H3,(H,11,12). The largest absolute Gasteiger partial charge is 0.481 e. The first-order chi connectivity index (χ1) is 5.46. The summed E-state index contributed by atoms with van der Waals surface area (Å²) in [5.41, 5.74) is 0. The fourth-order valence-corrected chi connectivity index (χ4v) is 1.75. The number of nitrogens with zero attached hydrogens (tertiary/aromatic N) is 1. The lowest BCUT2D eigenvalue weighted by molar-refractivity contribution is -0.144. The summed E-state index contributed by atoms with van der Waals surface area (Å²) in [6.45, 7) is 3.43. The summed E-state index contributed by atoms with van der Waals surface area (Å²) in [6, 6.07) is -0.190. The molecule has 1 N–H and O–H groups in total. The minimum Gasteiger partial charge on any atom is -0.481 e. The number of likely N-dealkylation sites (tertiary alicyclic amines) is 1. The molecule has 0 bridgehead atoms. The number of hydrogen-bond acceptors (Lipinski definition) is 2. The molecule has 0 spiro atoms. The molecule has 1 aliphatic heterocycles. The maximum absolute atomic E-state index is 11.3. The summed E-state index contributed by atoms with van der Waals surface area (Å²) in [5.74, 6) is -1.90. The van der Waals surface area contributed by atoms with Crippen LogP contribution in [0, 0.1) is 11.8 Å². The topological polar surface area (TPSA) is 57.6 Å². The molecule has 3 atom stereocenters. The normalized spacial score (nSPS) is 35.8. The fraction of sp³-hybridized carbons (Fsp3) is 0.750. The molecule has 0 aliphatic carbocycles. The van der Waals surface area contributed by atoms with Gasteiger partial charge in [0, 0.05) is 13.1 Å². The van der Waals surface area contributed by atoms with Crippen molar-refractivity contribution < 1.29 is 14.7 Å². The van der Waals surface area contributed by atoms with Crippen molar-refractivity contribution in [2.24, 2.45) is 11.8 Å². The number of carbonyl (C=O) groups is 2. The molecular weight excluding hydrogens is 158 g/mol. The van der Waals surface area contributed by atoms with Crippen LogP contribution in [0.1, 0.15) is 13.8 Å². The van der Waals surface area contributed by atoms with E-state index in [2.05, 4.69) is 0 Å². The molecule has 1 saturated heterocycles. The second kappa shape index (κ2) is 2.77. The summed E-state index contributed by atoms with van der Waals surface area (Å²) in [4.78, 5) is 23.5. The SMILES string of the molecule is CC1C(=O)N(C)C(C)C1C(=O)O. The fourth-order valence-electron chi connectivity index (χ4n) is 1.75. The average molecular weight is 171 g/mol. The molecule has 0 aromatic carbocycles. The van der Waals surface area contributed by atoms with E-state index in [0.717, 1.165) is 0 Å². The first kappa shape index (κ1) is 9.03. The van der Waals surface area contributed by atoms with E-state index in [1.165, 1.54) is 4.90 Å². The third-order valence-corrected chi connectivity index (χ3v) is 2.69. The molecule has 1 amide bonds. The van der Waals surface area contributed by atoms with Crippen molar-refractivity contribution in [1.82, 2.24) is 4.90 Å². The van der Waals surface area contributed by atoms with E-state index in [1.54, 1.807) is 20.9 Å². The third kappa shape index (κ3) is 1.07. The van der Waals surface area contributed by atoms with E-state index < -0.39 is 11.9 Å². The van der Waals surface area contributed by atoms with Gasteiger partial charge in [-0.05, 0) is 6.92 Å². The summed E-state index contributed by atoms with van der Waals surface area (Å²) in [7, 11) is 1.65. The van der Waals surface area contributed by atoms with Gasteiger partial charge in [0.15, 0.2) is 0 Å². The Balaban J connectivity index is 2.90. The molecule has 4 nitrogen and oxygen atoms in total. The summed E-state index contributed by atoms with van der Waals surface area (Å²) < 4.78 is 0. The Kier molecular flexibility index (Phi) is 2.08. The van der Waals surface area contributed by atoms with Gasteiger partial charge in [-0.2, -0.15) is 0 Å². The highest BCUT2D eigenvalue weighted by molar-refractivity contribution is 5.88. The molecular formula is C8H13NO3. The molecule has 0 aromatic heterocycles. The van der Waals surface area contributed by atoms with Crippen LogP contribution in [0.3, 0.4) is 0 Å². The summed E-state index contributed by atoms with van der Waals surface area (Å²) >= 11 is 0. The van der Waals surface area contributed by atoms with Crippen molar-refractivity contribution in [1.29, 1.82) is 0 Å². The summed E-state index contributed by atoms with van der Waals surface area (Å²) in [5, 5.41) is 8.81. The van der Waals surface area contributed by atoms with Gasteiger partial charge in [0.2, 0.25) is 5.91 Å². The highest BCUT2D eigenvalue weighted by atomic mass is 16.4. The number of rotatable bonds is 1. The molecule has 0 saturated carbocycles. The Morgan fingerprint density at radius 1 is 1.50 bits per heavy atom. The number of hydrogen-bond donors (Lipinski definition) is 1. The first-order valence-electron chi connectivity index (χ1n) is 3.96. The number of carbonyl (C=O) groups excluding carboxylic acids is 1. The maximum atomic E-state index is 11.3. The van der Waals surface area contributed by atoms with Crippen LogP contribution in [0.25, 0.3) is 0 Å². The van der Waals surface area contributed by atoms with Crippen molar-refractivity contribution in [3.63, 3.8) is 0 Å². The Bertz CT molecular complexity index is 226. The number of carboxylic acids is 1. The molecule has 1 aliphatic rings. The lowest BCUT2D eigenvalue weighted by atomic mass is 9.93. The molecule has 0 aromatic rings. The van der Waals surface area contributed by atoms with Gasteiger partial charge in [-0.3, -0.25) is 9.59 Å². The van der Waals surface area contributed by atoms with Crippen LogP contribution in [0.15, 0.2) is 0 Å². The van der Waals surface area contributed by atoms with Crippen LogP contribution in [0.4, 0.5) is 0 Å². The van der Waals surface area contributed by atoms with Crippen molar-refractivity contribution in [3.8, 4) is 0 Å². The van der Waals surface area contributed by atoms with Crippen molar-refractivity contribution in [3.05, 3.63) is 0 Å². The smallest absolute Gasteiger partial charge is 0.309 e. The molecule has 1 fully saturated rings. The number of aliphatic carboxylic acids is 1. The zero-order valence-corrected chi connectivity index (χ0v) is 7.44. The van der Waals surface area contributed by atoms with Crippen LogP contribution in [0.2, 0.25) is 0 Å². The highest BCUT2D eigenvalue weighted by Crippen LogP contribution is 2.29. The van der Waals surface area contributed by atoms with E-state index in [0.29, 0.717) is 0 Å². The molecule has 0 radical (unpaired) electrons. The average Bonchev–Trinajstić information content (AvgIpc) is 2.16. The first-order valence-corrected chi connectivity index (χ1v) is 3.96. The van der Waals surface area contributed by atoms with Crippen LogP contribution in [-0.4, -0.2) is 35.0 Å². The van der Waals surface area contributed by atoms with E-state index in [4.69, 9.17) is 5.11 Å². The highest BCUT2D eigenvalue weighted by Gasteiger charge is 2.45. The van der Waals surface area contributed by atoms with Crippen LogP contribution in [-0.2, 0) is 9.59 Å². The monoisotopic (exact) mass is 171 g/mol. The molecule has 68 valence electrons. The quantitative estimate of drug-likeness (QED) is 0.612. The number of amides is 1. The Morgan fingerprint density at radius 2 is 2.00 bits per heavy atom. The van der Waals surface area contributed by atoms with Gasteiger partial charge in [-0.15, -0.1) is 0 Å². The predicted molar refractivity (Wildman–Crippen MR) is 42.5 cm³/mol. The van der Waals surface area contributed by atoms with E-state index in [9.17, 15) is 9.59 Å². The lowest BCUT2D eigenvalue weighted by Crippen LogP contribution is -2.31.